The number of hydrogen-bond donors (Lipinski definition) is 1. The summed E-state index contributed by atoms with van der Waals surface area (Å²) in [5.41, 5.74) is 6.14. The van der Waals surface area contributed by atoms with Crippen molar-refractivity contribution in [3.8, 4) is 0 Å². The van der Waals surface area contributed by atoms with E-state index in [1.165, 1.54) is 12.2 Å². The average molecular weight is 104 g/mol. The van der Waals surface area contributed by atoms with Crippen molar-refractivity contribution >= 4 is 0 Å². The Morgan fingerprint density at radius 3 is 2.43 bits per heavy atom. The van der Waals surface area contributed by atoms with Crippen LogP contribution in [0.4, 0.5) is 0 Å². The molecule has 4 heteroatoms. The Hall–Kier alpha value is -0.160. The van der Waals surface area contributed by atoms with Crippen LogP contribution in [0.25, 0.3) is 5.43 Å². The Morgan fingerprint density at radius 1 is 1.71 bits per heavy atom. The van der Waals surface area contributed by atoms with Crippen molar-refractivity contribution in [2.45, 2.75) is 0 Å². The highest BCUT2D eigenvalue weighted by molar-refractivity contribution is 4.53. The highest BCUT2D eigenvalue weighted by atomic mass is 16.7. The van der Waals surface area contributed by atoms with E-state index >= 15 is 0 Å². The molecule has 7 heavy (non-hydrogen) atoms. The molecule has 0 saturated carbocycles. The smallest absolute Gasteiger partial charge is 0.0588 e. The minimum Gasteiger partial charge on any atom is -0.581 e. The zero-order valence-corrected chi connectivity index (χ0v) is 4.80. The molecule has 0 atom stereocenters. The molecule has 0 radical (unpaired) electrons. The molecule has 0 aliphatic heterocycles. The normalized spacial score (nSPS) is 10.3. The number of nitrogens with zero attached hydrogens (tertiary/aromatic N) is 2. The molecule has 0 aromatic carbocycles. The number of hydrazine groups is 1. The Labute approximate surface area is 43.3 Å². The third kappa shape index (κ3) is 3.68. The topological polar surface area (TPSA) is 38.6 Å². The van der Waals surface area contributed by atoms with Gasteiger partial charge in [-0.3, -0.25) is 4.84 Å². The Kier molecular flexibility index (Phi) is 3.92. The van der Waals surface area contributed by atoms with Crippen molar-refractivity contribution in [2.75, 3.05) is 21.2 Å². The van der Waals surface area contributed by atoms with Gasteiger partial charge in [-0.2, -0.15) is 12.6 Å². The van der Waals surface area contributed by atoms with Crippen molar-refractivity contribution in [1.82, 2.24) is 10.7 Å². The van der Waals surface area contributed by atoms with Gasteiger partial charge in [-0.05, 0) is 7.05 Å². The maximum atomic E-state index is 4.48. The summed E-state index contributed by atoms with van der Waals surface area (Å²) >= 11 is 0. The SMILES string of the molecule is C[N-]N(C)NOC. The van der Waals surface area contributed by atoms with Crippen LogP contribution in [0, 0.1) is 0 Å². The molecule has 0 bridgehead atoms. The molecule has 4 nitrogen and oxygen atoms in total. The molecule has 0 aliphatic rings. The van der Waals surface area contributed by atoms with Gasteiger partial charge in [0.1, 0.15) is 0 Å². The van der Waals surface area contributed by atoms with Gasteiger partial charge < -0.3 is 10.5 Å². The van der Waals surface area contributed by atoms with Crippen molar-refractivity contribution in [3.63, 3.8) is 0 Å². The van der Waals surface area contributed by atoms with E-state index in [0.717, 1.165) is 0 Å². The fourth-order valence-electron chi connectivity index (χ4n) is 0.173. The standard InChI is InChI=1S/C3H10N3O/c1-4-6(2)5-7-3/h5H,1-3H3/q-1. The third-order valence-corrected chi connectivity index (χ3v) is 0.523. The molecule has 0 amide bonds. The Bertz CT molecular complexity index is 41.2. The fourth-order valence-corrected chi connectivity index (χ4v) is 0.173. The molecule has 0 unspecified atom stereocenters. The molecule has 0 aromatic heterocycles. The van der Waals surface area contributed by atoms with Gasteiger partial charge in [0.2, 0.25) is 0 Å². The lowest BCUT2D eigenvalue weighted by atomic mass is 11.3. The summed E-state index contributed by atoms with van der Waals surface area (Å²) < 4.78 is 0. The van der Waals surface area contributed by atoms with Crippen molar-refractivity contribution < 1.29 is 4.84 Å². The first kappa shape index (κ1) is 6.84. The van der Waals surface area contributed by atoms with E-state index in [-0.39, 0.29) is 0 Å². The zero-order chi connectivity index (χ0) is 5.70. The second-order valence-corrected chi connectivity index (χ2v) is 1.02. The molecule has 1 N–H and O–H groups in total. The summed E-state index contributed by atoms with van der Waals surface area (Å²) in [6, 6.07) is 0. The van der Waals surface area contributed by atoms with Gasteiger partial charge in [0.25, 0.3) is 0 Å². The molecule has 0 aliphatic carbocycles. The van der Waals surface area contributed by atoms with Crippen molar-refractivity contribution in [2.24, 2.45) is 0 Å². The highest BCUT2D eigenvalue weighted by Crippen LogP contribution is 1.78. The van der Waals surface area contributed by atoms with Crippen LogP contribution >= 0.6 is 0 Å². The van der Waals surface area contributed by atoms with Gasteiger partial charge in [-0.1, -0.05) is 0 Å². The van der Waals surface area contributed by atoms with Gasteiger partial charge >= 0.3 is 0 Å². The summed E-state index contributed by atoms with van der Waals surface area (Å²) in [5.74, 6) is 0. The van der Waals surface area contributed by atoms with E-state index in [1.807, 2.05) is 0 Å². The van der Waals surface area contributed by atoms with Crippen LogP contribution in [0.5, 0.6) is 0 Å². The molecule has 44 valence electrons. The van der Waals surface area contributed by atoms with Gasteiger partial charge in [-0.25, -0.2) is 0 Å². The summed E-state index contributed by atoms with van der Waals surface area (Å²) in [5, 5.41) is 1.46. The van der Waals surface area contributed by atoms with Crippen LogP contribution in [-0.2, 0) is 4.84 Å². The summed E-state index contributed by atoms with van der Waals surface area (Å²) in [7, 11) is 4.93. The molecule has 0 aromatic rings. The second kappa shape index (κ2) is 4.01. The molecule has 0 saturated heterocycles. The van der Waals surface area contributed by atoms with Crippen LogP contribution in [-0.4, -0.2) is 26.3 Å². The first-order valence-electron chi connectivity index (χ1n) is 1.93. The summed E-state index contributed by atoms with van der Waals surface area (Å²) in [6.45, 7) is 0. The Morgan fingerprint density at radius 2 is 2.29 bits per heavy atom. The van der Waals surface area contributed by atoms with Crippen LogP contribution in [0.1, 0.15) is 0 Å². The van der Waals surface area contributed by atoms with Crippen LogP contribution < -0.4 is 5.59 Å². The van der Waals surface area contributed by atoms with Gasteiger partial charge in [-0.15, -0.1) is 0 Å². The predicted octanol–water partition coefficient (Wildman–Crippen LogP) is -0.0973. The highest BCUT2D eigenvalue weighted by Gasteiger charge is 1.71. The molecule has 0 spiro atoms. The number of rotatable bonds is 3. The van der Waals surface area contributed by atoms with E-state index in [9.17, 15) is 0 Å². The monoisotopic (exact) mass is 104 g/mol. The van der Waals surface area contributed by atoms with Crippen molar-refractivity contribution in [3.05, 3.63) is 5.43 Å². The number of hydrogen-bond acceptors (Lipinski definition) is 3. The van der Waals surface area contributed by atoms with E-state index < -0.39 is 0 Å². The van der Waals surface area contributed by atoms with E-state index in [0.29, 0.717) is 0 Å². The maximum Gasteiger partial charge on any atom is 0.0588 e. The first-order chi connectivity index (χ1) is 3.31. The zero-order valence-electron chi connectivity index (χ0n) is 4.80. The molecular weight excluding hydrogens is 94.1 g/mol. The average Bonchev–Trinajstić information content (AvgIpc) is 1.68. The predicted molar refractivity (Wildman–Crippen MR) is 27.2 cm³/mol. The van der Waals surface area contributed by atoms with Crippen LogP contribution in [0.3, 0.4) is 0 Å². The Balaban J connectivity index is 2.83. The lowest BCUT2D eigenvalue weighted by Gasteiger charge is -2.27. The molecule has 0 heterocycles. The number of nitrogens with one attached hydrogen (secondary N) is 1. The summed E-state index contributed by atoms with van der Waals surface area (Å²) in [4.78, 5) is 4.48. The van der Waals surface area contributed by atoms with E-state index in [2.05, 4.69) is 15.9 Å². The van der Waals surface area contributed by atoms with Gasteiger partial charge in [0.15, 0.2) is 0 Å². The lowest BCUT2D eigenvalue weighted by Crippen LogP contribution is -2.28. The molecule has 0 fully saturated rings. The van der Waals surface area contributed by atoms with E-state index in [1.54, 1.807) is 14.1 Å². The van der Waals surface area contributed by atoms with Crippen LogP contribution in [0.2, 0.25) is 0 Å². The summed E-state index contributed by atoms with van der Waals surface area (Å²) in [6.07, 6.45) is 0. The quantitative estimate of drug-likeness (QED) is 0.508. The van der Waals surface area contributed by atoms with E-state index in [4.69, 9.17) is 0 Å². The van der Waals surface area contributed by atoms with Crippen LogP contribution in [0.15, 0.2) is 0 Å². The maximum absolute atomic E-state index is 4.48. The van der Waals surface area contributed by atoms with Gasteiger partial charge in [0.05, 0.1) is 7.11 Å². The lowest BCUT2D eigenvalue weighted by molar-refractivity contribution is -0.0211. The molecular formula is C3H10N3O-. The third-order valence-electron chi connectivity index (χ3n) is 0.523. The largest absolute Gasteiger partial charge is 0.581 e. The minimum atomic E-state index is 1.46. The minimum absolute atomic E-state index is 1.46. The fraction of sp³-hybridized carbons (Fsp3) is 1.00. The second-order valence-electron chi connectivity index (χ2n) is 1.02. The van der Waals surface area contributed by atoms with Gasteiger partial charge in [0, 0.05) is 0 Å². The van der Waals surface area contributed by atoms with Crippen molar-refractivity contribution in [1.29, 1.82) is 0 Å². The molecule has 0 rings (SSSR count). The first-order valence-corrected chi connectivity index (χ1v) is 1.93.